The molecule has 0 N–H and O–H groups in total. The quantitative estimate of drug-likeness (QED) is 0.342. The van der Waals surface area contributed by atoms with Crippen molar-refractivity contribution < 1.29 is 0 Å². The minimum absolute atomic E-state index is 0.664. The van der Waals surface area contributed by atoms with Crippen LogP contribution in [0.5, 0.6) is 0 Å². The van der Waals surface area contributed by atoms with Crippen LogP contribution < -0.4 is 0 Å². The van der Waals surface area contributed by atoms with Gasteiger partial charge in [0.25, 0.3) is 0 Å². The molecule has 0 saturated heterocycles. The molecule has 0 amide bonds. The van der Waals surface area contributed by atoms with Crippen LogP contribution in [0.25, 0.3) is 55.8 Å². The fourth-order valence-corrected chi connectivity index (χ4v) is 4.50. The Morgan fingerprint density at radius 3 is 2.21 bits per heavy atom. The molecule has 0 aliphatic carbocycles. The molecule has 0 radical (unpaired) electrons. The van der Waals surface area contributed by atoms with Gasteiger partial charge >= 0.3 is 0 Å². The van der Waals surface area contributed by atoms with E-state index >= 15 is 0 Å². The van der Waals surface area contributed by atoms with Crippen LogP contribution in [0.2, 0.25) is 0 Å². The van der Waals surface area contributed by atoms with E-state index in [2.05, 4.69) is 36.4 Å². The number of nitrogens with zero attached hydrogens (tertiary/aromatic N) is 6. The van der Waals surface area contributed by atoms with Crippen LogP contribution in [0.15, 0.2) is 109 Å². The highest BCUT2D eigenvalue weighted by Gasteiger charge is 2.21. The number of benzene rings is 4. The van der Waals surface area contributed by atoms with Crippen molar-refractivity contribution in [3.8, 4) is 28.3 Å². The van der Waals surface area contributed by atoms with Gasteiger partial charge in [-0.25, -0.2) is 19.2 Å². The summed E-state index contributed by atoms with van der Waals surface area (Å²) in [5.41, 5.74) is 5.25. The fourth-order valence-electron chi connectivity index (χ4n) is 4.50. The number of aromatic nitrogens is 6. The van der Waals surface area contributed by atoms with E-state index in [4.69, 9.17) is 20.2 Å². The SMILES string of the molecule is c1ccc(-c2nn(-c3ccccc3)c3ncn4nc(-c5cccc6ccccc56)nc4c23)cc1. The Labute approximate surface area is 194 Å². The molecule has 6 heteroatoms. The van der Waals surface area contributed by atoms with Gasteiger partial charge in [0.2, 0.25) is 0 Å². The minimum atomic E-state index is 0.664. The normalized spacial score (nSPS) is 11.5. The van der Waals surface area contributed by atoms with Crippen molar-refractivity contribution >= 4 is 27.5 Å². The van der Waals surface area contributed by atoms with E-state index in [1.165, 1.54) is 0 Å². The van der Waals surface area contributed by atoms with E-state index in [-0.39, 0.29) is 0 Å². The van der Waals surface area contributed by atoms with Crippen LogP contribution in [-0.2, 0) is 0 Å². The average Bonchev–Trinajstić information content (AvgIpc) is 3.51. The molecule has 0 aliphatic heterocycles. The molecular formula is C28H18N6. The van der Waals surface area contributed by atoms with Gasteiger partial charge in [-0.05, 0) is 22.9 Å². The molecule has 4 aromatic carbocycles. The molecule has 3 heterocycles. The summed E-state index contributed by atoms with van der Waals surface area (Å²) in [5.74, 6) is 0.664. The molecule has 0 atom stereocenters. The Hall–Kier alpha value is -4.84. The lowest BCUT2D eigenvalue weighted by molar-refractivity contribution is 0.885. The highest BCUT2D eigenvalue weighted by atomic mass is 15.4. The van der Waals surface area contributed by atoms with Gasteiger partial charge in [-0.15, -0.1) is 5.10 Å². The summed E-state index contributed by atoms with van der Waals surface area (Å²) in [6.07, 6.45) is 1.72. The topological polar surface area (TPSA) is 60.9 Å². The molecule has 34 heavy (non-hydrogen) atoms. The van der Waals surface area contributed by atoms with Crippen LogP contribution in [0, 0.1) is 0 Å². The summed E-state index contributed by atoms with van der Waals surface area (Å²) >= 11 is 0. The van der Waals surface area contributed by atoms with Gasteiger partial charge < -0.3 is 0 Å². The average molecular weight is 438 g/mol. The first-order valence-corrected chi connectivity index (χ1v) is 11.1. The second-order valence-corrected chi connectivity index (χ2v) is 8.14. The van der Waals surface area contributed by atoms with Crippen LogP contribution in [0.3, 0.4) is 0 Å². The number of hydrogen-bond acceptors (Lipinski definition) is 4. The zero-order valence-electron chi connectivity index (χ0n) is 18.1. The van der Waals surface area contributed by atoms with Gasteiger partial charge in [-0.2, -0.15) is 5.10 Å². The van der Waals surface area contributed by atoms with E-state index in [1.54, 1.807) is 10.8 Å². The molecule has 0 aliphatic rings. The number of hydrogen-bond donors (Lipinski definition) is 0. The fraction of sp³-hybridized carbons (Fsp3) is 0. The molecule has 6 nitrogen and oxygen atoms in total. The Balaban J connectivity index is 1.55. The predicted molar refractivity (Wildman–Crippen MR) is 134 cm³/mol. The van der Waals surface area contributed by atoms with E-state index in [0.717, 1.165) is 50.0 Å². The van der Waals surface area contributed by atoms with Gasteiger partial charge in [-0.3, -0.25) is 0 Å². The maximum atomic E-state index is 5.01. The maximum Gasteiger partial charge on any atom is 0.182 e. The molecule has 0 saturated carbocycles. The van der Waals surface area contributed by atoms with Crippen LogP contribution in [-0.4, -0.2) is 29.4 Å². The summed E-state index contributed by atoms with van der Waals surface area (Å²) in [6.45, 7) is 0. The van der Waals surface area contributed by atoms with Crippen LogP contribution >= 0.6 is 0 Å². The van der Waals surface area contributed by atoms with E-state index in [9.17, 15) is 0 Å². The number of para-hydroxylation sites is 1. The summed E-state index contributed by atoms with van der Waals surface area (Å²) in [7, 11) is 0. The van der Waals surface area contributed by atoms with E-state index < -0.39 is 0 Å². The lowest BCUT2D eigenvalue weighted by atomic mass is 10.0. The van der Waals surface area contributed by atoms with E-state index in [1.807, 2.05) is 71.4 Å². The minimum Gasteiger partial charge on any atom is -0.216 e. The smallest absolute Gasteiger partial charge is 0.182 e. The van der Waals surface area contributed by atoms with Crippen LogP contribution in [0.1, 0.15) is 0 Å². The highest BCUT2D eigenvalue weighted by molar-refractivity contribution is 6.02. The third-order valence-electron chi connectivity index (χ3n) is 6.08. The molecule has 0 bridgehead atoms. The highest BCUT2D eigenvalue weighted by Crippen LogP contribution is 2.33. The van der Waals surface area contributed by atoms with Gasteiger partial charge in [-0.1, -0.05) is 91.0 Å². The Kier molecular flexibility index (Phi) is 4.04. The van der Waals surface area contributed by atoms with Crippen molar-refractivity contribution in [1.82, 2.24) is 29.4 Å². The zero-order valence-corrected chi connectivity index (χ0v) is 18.1. The van der Waals surface area contributed by atoms with Crippen molar-refractivity contribution in [3.05, 3.63) is 109 Å². The summed E-state index contributed by atoms with van der Waals surface area (Å²) in [5, 5.41) is 12.9. The maximum absolute atomic E-state index is 5.01. The third kappa shape index (κ3) is 2.82. The molecule has 160 valence electrons. The molecule has 3 aromatic heterocycles. The van der Waals surface area contributed by atoms with Gasteiger partial charge in [0, 0.05) is 11.1 Å². The second kappa shape index (κ2) is 7.35. The summed E-state index contributed by atoms with van der Waals surface area (Å²) < 4.78 is 3.63. The molecule has 0 spiro atoms. The summed E-state index contributed by atoms with van der Waals surface area (Å²) in [6, 6.07) is 34.7. The lowest BCUT2D eigenvalue weighted by Gasteiger charge is -2.01. The summed E-state index contributed by atoms with van der Waals surface area (Å²) in [4.78, 5) is 9.78. The van der Waals surface area contributed by atoms with Gasteiger partial charge in [0.05, 0.1) is 11.1 Å². The van der Waals surface area contributed by atoms with Crippen molar-refractivity contribution in [2.75, 3.05) is 0 Å². The standard InChI is InChI=1S/C28H18N6/c1-3-11-20(12-4-1)25-24-27(34(31-25)21-14-5-2-6-15-21)29-18-33-28(24)30-26(32-33)23-17-9-13-19-10-7-8-16-22(19)23/h1-18H. The van der Waals surface area contributed by atoms with Crippen LogP contribution in [0.4, 0.5) is 0 Å². The molecule has 7 rings (SSSR count). The lowest BCUT2D eigenvalue weighted by Crippen LogP contribution is -1.98. The van der Waals surface area contributed by atoms with Gasteiger partial charge in [0.15, 0.2) is 17.1 Å². The first kappa shape index (κ1) is 18.7. The second-order valence-electron chi connectivity index (χ2n) is 8.14. The molecule has 0 fully saturated rings. The van der Waals surface area contributed by atoms with Crippen molar-refractivity contribution in [2.45, 2.75) is 0 Å². The molecule has 7 aromatic rings. The Morgan fingerprint density at radius 2 is 1.35 bits per heavy atom. The Bertz CT molecular complexity index is 1790. The largest absolute Gasteiger partial charge is 0.216 e. The Morgan fingerprint density at radius 1 is 0.618 bits per heavy atom. The van der Waals surface area contributed by atoms with Crippen molar-refractivity contribution in [1.29, 1.82) is 0 Å². The van der Waals surface area contributed by atoms with Gasteiger partial charge in [0.1, 0.15) is 12.0 Å². The van der Waals surface area contributed by atoms with E-state index in [0.29, 0.717) is 5.82 Å². The first-order chi connectivity index (χ1) is 16.9. The molecular weight excluding hydrogens is 420 g/mol. The van der Waals surface area contributed by atoms with Crippen molar-refractivity contribution in [3.63, 3.8) is 0 Å². The first-order valence-electron chi connectivity index (χ1n) is 11.1. The van der Waals surface area contributed by atoms with Crippen molar-refractivity contribution in [2.24, 2.45) is 0 Å². The third-order valence-corrected chi connectivity index (χ3v) is 6.08. The number of fused-ring (bicyclic) bond motifs is 4. The predicted octanol–water partition coefficient (Wildman–Crippen LogP) is 5.95. The number of rotatable bonds is 3. The monoisotopic (exact) mass is 438 g/mol. The molecule has 0 unspecified atom stereocenters. The zero-order chi connectivity index (χ0) is 22.5.